The highest BCUT2D eigenvalue weighted by molar-refractivity contribution is 9.10. The summed E-state index contributed by atoms with van der Waals surface area (Å²) in [6.07, 6.45) is 0.245. The van der Waals surface area contributed by atoms with E-state index < -0.39 is 6.10 Å². The Labute approximate surface area is 128 Å². The average Bonchev–Trinajstić information content (AvgIpc) is 2.38. The van der Waals surface area contributed by atoms with E-state index in [2.05, 4.69) is 21.2 Å². The van der Waals surface area contributed by atoms with Crippen LogP contribution < -0.4 is 10.1 Å². The van der Waals surface area contributed by atoms with E-state index in [0.29, 0.717) is 13.0 Å². The number of hydrogen-bond acceptors (Lipinski definition) is 3. The summed E-state index contributed by atoms with van der Waals surface area (Å²) in [6, 6.07) is 5.82. The summed E-state index contributed by atoms with van der Waals surface area (Å²) in [5, 5.41) is 12.5. The Morgan fingerprint density at radius 3 is 2.75 bits per heavy atom. The zero-order valence-electron chi connectivity index (χ0n) is 12.1. The summed E-state index contributed by atoms with van der Waals surface area (Å²) in [7, 11) is 1.63. The topological polar surface area (TPSA) is 58.6 Å². The molecule has 0 aliphatic carbocycles. The maximum atomic E-state index is 11.7. The van der Waals surface area contributed by atoms with E-state index in [4.69, 9.17) is 4.74 Å². The first kappa shape index (κ1) is 17.0. The van der Waals surface area contributed by atoms with Crippen LogP contribution in [0.3, 0.4) is 0 Å². The van der Waals surface area contributed by atoms with Gasteiger partial charge in [-0.2, -0.15) is 0 Å². The molecule has 112 valence electrons. The van der Waals surface area contributed by atoms with Crippen LogP contribution in [0.1, 0.15) is 25.8 Å². The fourth-order valence-electron chi connectivity index (χ4n) is 1.81. The van der Waals surface area contributed by atoms with E-state index in [1.54, 1.807) is 7.11 Å². The van der Waals surface area contributed by atoms with Gasteiger partial charge in [-0.1, -0.05) is 26.0 Å². The van der Waals surface area contributed by atoms with Gasteiger partial charge in [0.25, 0.3) is 0 Å². The lowest BCUT2D eigenvalue weighted by Gasteiger charge is -2.14. The average molecular weight is 344 g/mol. The van der Waals surface area contributed by atoms with Crippen LogP contribution in [0.4, 0.5) is 0 Å². The van der Waals surface area contributed by atoms with Crippen molar-refractivity contribution in [2.75, 3.05) is 13.7 Å². The van der Waals surface area contributed by atoms with Crippen molar-refractivity contribution < 1.29 is 14.6 Å². The Kier molecular flexibility index (Phi) is 7.02. The number of nitrogens with one attached hydrogen (secondary N) is 1. The summed E-state index contributed by atoms with van der Waals surface area (Å²) in [5.41, 5.74) is 1.03. The van der Waals surface area contributed by atoms with Crippen LogP contribution in [-0.4, -0.2) is 30.8 Å². The highest BCUT2D eigenvalue weighted by atomic mass is 79.9. The fourth-order valence-corrected chi connectivity index (χ4v) is 2.38. The van der Waals surface area contributed by atoms with Gasteiger partial charge in [0.15, 0.2) is 0 Å². The Balaban J connectivity index is 2.45. The third-order valence-electron chi connectivity index (χ3n) is 3.13. The zero-order valence-corrected chi connectivity index (χ0v) is 13.7. The van der Waals surface area contributed by atoms with Crippen molar-refractivity contribution in [1.29, 1.82) is 0 Å². The number of ether oxygens (including phenoxy) is 1. The van der Waals surface area contributed by atoms with E-state index in [0.717, 1.165) is 15.8 Å². The fraction of sp³-hybridized carbons (Fsp3) is 0.533. The van der Waals surface area contributed by atoms with Crippen molar-refractivity contribution in [1.82, 2.24) is 5.32 Å². The molecule has 1 rings (SSSR count). The number of methoxy groups -OCH3 is 1. The molecule has 0 saturated heterocycles. The number of aliphatic hydroxyl groups is 1. The summed E-state index contributed by atoms with van der Waals surface area (Å²) >= 11 is 3.43. The van der Waals surface area contributed by atoms with Gasteiger partial charge in [-0.25, -0.2) is 0 Å². The second kappa shape index (κ2) is 8.27. The van der Waals surface area contributed by atoms with E-state index >= 15 is 0 Å². The molecule has 0 aliphatic rings. The summed E-state index contributed by atoms with van der Waals surface area (Å²) in [4.78, 5) is 11.7. The first-order valence-electron chi connectivity index (χ1n) is 6.71. The number of benzene rings is 1. The predicted molar refractivity (Wildman–Crippen MR) is 82.9 cm³/mol. The van der Waals surface area contributed by atoms with Crippen LogP contribution in [0.5, 0.6) is 5.75 Å². The van der Waals surface area contributed by atoms with Gasteiger partial charge >= 0.3 is 0 Å². The van der Waals surface area contributed by atoms with Crippen molar-refractivity contribution in [2.45, 2.75) is 32.8 Å². The molecule has 0 radical (unpaired) electrons. The Morgan fingerprint density at radius 1 is 1.45 bits per heavy atom. The number of hydrogen-bond donors (Lipinski definition) is 2. The van der Waals surface area contributed by atoms with Crippen LogP contribution in [0.15, 0.2) is 22.7 Å². The number of amides is 1. The Hall–Kier alpha value is -1.07. The summed E-state index contributed by atoms with van der Waals surface area (Å²) in [6.45, 7) is 4.31. The Morgan fingerprint density at radius 2 is 2.15 bits per heavy atom. The second-order valence-electron chi connectivity index (χ2n) is 5.05. The van der Waals surface area contributed by atoms with Gasteiger partial charge in [0.2, 0.25) is 5.91 Å². The normalized spacial score (nSPS) is 12.3. The molecule has 1 aromatic rings. The maximum absolute atomic E-state index is 11.7. The molecule has 0 bridgehead atoms. The van der Waals surface area contributed by atoms with E-state index in [1.807, 2.05) is 32.0 Å². The smallest absolute Gasteiger partial charge is 0.222 e. The minimum Gasteiger partial charge on any atom is -0.495 e. The lowest BCUT2D eigenvalue weighted by Crippen LogP contribution is -2.31. The molecular formula is C15H22BrNO3. The molecule has 0 spiro atoms. The van der Waals surface area contributed by atoms with Crippen molar-refractivity contribution in [3.8, 4) is 5.75 Å². The minimum atomic E-state index is -0.588. The minimum absolute atomic E-state index is 0.0888. The third-order valence-corrected chi connectivity index (χ3v) is 3.76. The van der Waals surface area contributed by atoms with Crippen LogP contribution in [0.2, 0.25) is 0 Å². The quantitative estimate of drug-likeness (QED) is 0.799. The third kappa shape index (κ3) is 5.13. The molecule has 0 aromatic heterocycles. The summed E-state index contributed by atoms with van der Waals surface area (Å²) in [5.74, 6) is 0.759. The number of rotatable bonds is 7. The molecule has 0 heterocycles. The van der Waals surface area contributed by atoms with Crippen molar-refractivity contribution in [3.63, 3.8) is 0 Å². The monoisotopic (exact) mass is 343 g/mol. The molecule has 20 heavy (non-hydrogen) atoms. The van der Waals surface area contributed by atoms with Gasteiger partial charge in [-0.05, 0) is 39.9 Å². The van der Waals surface area contributed by atoms with Crippen LogP contribution in [0.25, 0.3) is 0 Å². The second-order valence-corrected chi connectivity index (χ2v) is 5.90. The highest BCUT2D eigenvalue weighted by Gasteiger charge is 2.14. The van der Waals surface area contributed by atoms with Gasteiger partial charge in [0.05, 0.1) is 24.1 Å². The largest absolute Gasteiger partial charge is 0.495 e. The molecule has 1 amide bonds. The molecule has 1 atom stereocenters. The SMILES string of the molecule is COc1c(Br)cccc1CCNC(=O)CC(O)C(C)C. The maximum Gasteiger partial charge on any atom is 0.222 e. The van der Waals surface area contributed by atoms with E-state index in [-0.39, 0.29) is 18.2 Å². The lowest BCUT2D eigenvalue weighted by atomic mass is 10.0. The van der Waals surface area contributed by atoms with Gasteiger partial charge in [0.1, 0.15) is 5.75 Å². The van der Waals surface area contributed by atoms with Gasteiger partial charge in [-0.3, -0.25) is 4.79 Å². The highest BCUT2D eigenvalue weighted by Crippen LogP contribution is 2.28. The molecule has 0 aliphatic heterocycles. The molecular weight excluding hydrogens is 322 g/mol. The van der Waals surface area contributed by atoms with Crippen LogP contribution >= 0.6 is 15.9 Å². The molecule has 0 fully saturated rings. The van der Waals surface area contributed by atoms with Crippen molar-refractivity contribution in [2.24, 2.45) is 5.92 Å². The Bertz CT molecular complexity index is 449. The van der Waals surface area contributed by atoms with Crippen molar-refractivity contribution in [3.05, 3.63) is 28.2 Å². The van der Waals surface area contributed by atoms with Crippen LogP contribution in [0, 0.1) is 5.92 Å². The number of carbonyl (C=O) groups is 1. The van der Waals surface area contributed by atoms with Crippen molar-refractivity contribution >= 4 is 21.8 Å². The first-order chi connectivity index (χ1) is 9.45. The molecule has 4 nitrogen and oxygen atoms in total. The number of carbonyl (C=O) groups excluding carboxylic acids is 1. The molecule has 2 N–H and O–H groups in total. The van der Waals surface area contributed by atoms with E-state index in [1.165, 1.54) is 0 Å². The molecule has 1 aromatic carbocycles. The molecule has 5 heteroatoms. The van der Waals surface area contributed by atoms with Gasteiger partial charge in [0, 0.05) is 6.54 Å². The van der Waals surface area contributed by atoms with Gasteiger partial charge < -0.3 is 15.2 Å². The van der Waals surface area contributed by atoms with Gasteiger partial charge in [-0.15, -0.1) is 0 Å². The first-order valence-corrected chi connectivity index (χ1v) is 7.51. The molecule has 0 saturated carbocycles. The number of para-hydroxylation sites is 1. The molecule has 1 unspecified atom stereocenters. The van der Waals surface area contributed by atoms with Crippen LogP contribution in [-0.2, 0) is 11.2 Å². The number of aliphatic hydroxyl groups excluding tert-OH is 1. The number of halogens is 1. The standard InChI is InChI=1S/C15H22BrNO3/c1-10(2)13(18)9-14(19)17-8-7-11-5-4-6-12(16)15(11)20-3/h4-6,10,13,18H,7-9H2,1-3H3,(H,17,19). The lowest BCUT2D eigenvalue weighted by molar-refractivity contribution is -0.123. The predicted octanol–water partition coefficient (Wildman–Crippen LogP) is 2.52. The zero-order chi connectivity index (χ0) is 15.1. The van der Waals surface area contributed by atoms with E-state index in [9.17, 15) is 9.90 Å². The summed E-state index contributed by atoms with van der Waals surface area (Å²) < 4.78 is 6.23.